The first-order valence-electron chi connectivity index (χ1n) is 11.8. The summed E-state index contributed by atoms with van der Waals surface area (Å²) in [6, 6.07) is 4.29. The number of anilines is 1. The molecule has 1 fully saturated rings. The fraction of sp³-hybridized carbons (Fsp3) is 0.480. The molecule has 2 aromatic rings. The van der Waals surface area contributed by atoms with Gasteiger partial charge in [0.25, 0.3) is 17.7 Å². The van der Waals surface area contributed by atoms with Gasteiger partial charge in [-0.05, 0) is 44.4 Å². The molecule has 1 atom stereocenters. The number of ether oxygens (including phenoxy) is 2. The lowest BCUT2D eigenvalue weighted by molar-refractivity contribution is -0.127. The van der Waals surface area contributed by atoms with Crippen molar-refractivity contribution in [3.8, 4) is 0 Å². The minimum absolute atomic E-state index is 0.0243. The number of esters is 1. The largest absolute Gasteiger partial charge is 0.449 e. The summed E-state index contributed by atoms with van der Waals surface area (Å²) >= 11 is 1.38. The molecule has 0 saturated heterocycles. The van der Waals surface area contributed by atoms with E-state index < -0.39 is 23.9 Å². The highest BCUT2D eigenvalue weighted by Crippen LogP contribution is 2.30. The maximum absolute atomic E-state index is 13.4. The standard InChI is InChI=1S/C25H29N3O6S/c1-16(21(29)28(25-26-11-14-35-25)18-7-4-3-5-8-18)34-24(32)17-9-10-19-20(15-17)23(31)27(22(19)30)12-6-13-33-2/h9-11,14-16,18H,3-8,12-13H2,1-2H3. The Morgan fingerprint density at radius 3 is 2.60 bits per heavy atom. The topological polar surface area (TPSA) is 106 Å². The van der Waals surface area contributed by atoms with E-state index in [2.05, 4.69) is 4.98 Å². The van der Waals surface area contributed by atoms with Crippen LogP contribution in [0.4, 0.5) is 5.13 Å². The Morgan fingerprint density at radius 2 is 1.91 bits per heavy atom. The van der Waals surface area contributed by atoms with E-state index in [1.165, 1.54) is 29.5 Å². The molecule has 1 saturated carbocycles. The van der Waals surface area contributed by atoms with Crippen LogP contribution in [0, 0.1) is 0 Å². The molecule has 4 rings (SSSR count). The van der Waals surface area contributed by atoms with Crippen LogP contribution in [0.15, 0.2) is 29.8 Å². The summed E-state index contributed by atoms with van der Waals surface area (Å²) in [4.78, 5) is 58.7. The van der Waals surface area contributed by atoms with Gasteiger partial charge in [0.2, 0.25) is 0 Å². The van der Waals surface area contributed by atoms with Crippen molar-refractivity contribution in [2.24, 2.45) is 0 Å². The van der Waals surface area contributed by atoms with Gasteiger partial charge in [0, 0.05) is 37.9 Å². The van der Waals surface area contributed by atoms with Crippen molar-refractivity contribution in [1.82, 2.24) is 9.88 Å². The highest BCUT2D eigenvalue weighted by molar-refractivity contribution is 7.13. The smallest absolute Gasteiger partial charge is 0.338 e. The summed E-state index contributed by atoms with van der Waals surface area (Å²) in [5.74, 6) is -1.89. The Labute approximate surface area is 208 Å². The molecular formula is C25H29N3O6S. The molecule has 1 unspecified atom stereocenters. The van der Waals surface area contributed by atoms with Gasteiger partial charge in [-0.3, -0.25) is 24.2 Å². The molecule has 1 aliphatic heterocycles. The van der Waals surface area contributed by atoms with Crippen molar-refractivity contribution < 1.29 is 28.7 Å². The second kappa shape index (κ2) is 11.1. The van der Waals surface area contributed by atoms with Crippen LogP contribution in [0.5, 0.6) is 0 Å². The number of hydrogen-bond donors (Lipinski definition) is 0. The van der Waals surface area contributed by atoms with Crippen LogP contribution in [-0.4, -0.2) is 66.0 Å². The van der Waals surface area contributed by atoms with Gasteiger partial charge in [0.1, 0.15) is 0 Å². The van der Waals surface area contributed by atoms with Gasteiger partial charge in [0.15, 0.2) is 11.2 Å². The zero-order valence-corrected chi connectivity index (χ0v) is 20.7. The molecule has 186 valence electrons. The van der Waals surface area contributed by atoms with Crippen molar-refractivity contribution in [3.63, 3.8) is 0 Å². The normalized spacial score (nSPS) is 16.8. The Balaban J connectivity index is 1.46. The average molecular weight is 500 g/mol. The number of rotatable bonds is 9. The van der Waals surface area contributed by atoms with E-state index in [0.717, 1.165) is 37.0 Å². The van der Waals surface area contributed by atoms with Crippen molar-refractivity contribution in [1.29, 1.82) is 0 Å². The van der Waals surface area contributed by atoms with Gasteiger partial charge in [-0.15, -0.1) is 11.3 Å². The van der Waals surface area contributed by atoms with Crippen LogP contribution in [0.3, 0.4) is 0 Å². The first-order chi connectivity index (χ1) is 16.9. The number of methoxy groups -OCH3 is 1. The van der Waals surface area contributed by atoms with E-state index in [9.17, 15) is 19.2 Å². The minimum atomic E-state index is -1.04. The second-order valence-electron chi connectivity index (χ2n) is 8.73. The monoisotopic (exact) mass is 499 g/mol. The lowest BCUT2D eigenvalue weighted by atomic mass is 9.94. The Kier molecular flexibility index (Phi) is 7.92. The molecule has 2 aliphatic rings. The molecule has 0 radical (unpaired) electrons. The first-order valence-corrected chi connectivity index (χ1v) is 12.7. The molecule has 3 amide bonds. The Morgan fingerprint density at radius 1 is 1.17 bits per heavy atom. The molecule has 1 aliphatic carbocycles. The number of hydrogen-bond acceptors (Lipinski definition) is 8. The molecule has 0 spiro atoms. The Hall–Kier alpha value is -3.11. The van der Waals surface area contributed by atoms with E-state index >= 15 is 0 Å². The summed E-state index contributed by atoms with van der Waals surface area (Å²) in [5.41, 5.74) is 0.523. The number of carbonyl (C=O) groups is 4. The maximum Gasteiger partial charge on any atom is 0.338 e. The molecule has 0 bridgehead atoms. The summed E-state index contributed by atoms with van der Waals surface area (Å²) in [6.45, 7) is 2.21. The van der Waals surface area contributed by atoms with E-state index in [1.807, 2.05) is 5.38 Å². The van der Waals surface area contributed by atoms with Gasteiger partial charge in [-0.25, -0.2) is 9.78 Å². The summed E-state index contributed by atoms with van der Waals surface area (Å²) < 4.78 is 10.5. The number of fused-ring (bicyclic) bond motifs is 1. The number of carbonyl (C=O) groups excluding carboxylic acids is 4. The molecule has 10 heteroatoms. The SMILES string of the molecule is COCCCN1C(=O)c2ccc(C(=O)OC(C)C(=O)N(c3nccs3)C3CCCCC3)cc2C1=O. The first kappa shape index (κ1) is 25.0. The zero-order chi connectivity index (χ0) is 24.9. The van der Waals surface area contributed by atoms with Crippen LogP contribution < -0.4 is 4.90 Å². The summed E-state index contributed by atoms with van der Waals surface area (Å²) in [5, 5.41) is 2.41. The number of aromatic nitrogens is 1. The predicted octanol–water partition coefficient (Wildman–Crippen LogP) is 3.69. The second-order valence-corrected chi connectivity index (χ2v) is 9.60. The summed E-state index contributed by atoms with van der Waals surface area (Å²) in [7, 11) is 1.55. The van der Waals surface area contributed by atoms with Crippen molar-refractivity contribution in [2.75, 3.05) is 25.2 Å². The number of thiazole rings is 1. The Bertz CT molecular complexity index is 1100. The third-order valence-electron chi connectivity index (χ3n) is 6.37. The van der Waals surface area contributed by atoms with Gasteiger partial charge < -0.3 is 9.47 Å². The maximum atomic E-state index is 13.4. The van der Waals surface area contributed by atoms with Crippen LogP contribution in [-0.2, 0) is 14.3 Å². The van der Waals surface area contributed by atoms with Gasteiger partial charge >= 0.3 is 5.97 Å². The molecule has 1 aromatic carbocycles. The van der Waals surface area contributed by atoms with Crippen molar-refractivity contribution in [3.05, 3.63) is 46.5 Å². The molecule has 35 heavy (non-hydrogen) atoms. The number of imide groups is 1. The fourth-order valence-corrected chi connectivity index (χ4v) is 5.28. The minimum Gasteiger partial charge on any atom is -0.449 e. The highest BCUT2D eigenvalue weighted by atomic mass is 32.1. The quantitative estimate of drug-likeness (QED) is 0.294. The molecular weight excluding hydrogens is 470 g/mol. The third kappa shape index (κ3) is 5.28. The average Bonchev–Trinajstić information content (AvgIpc) is 3.48. The van der Waals surface area contributed by atoms with Crippen LogP contribution in [0.2, 0.25) is 0 Å². The van der Waals surface area contributed by atoms with Crippen molar-refractivity contribution >= 4 is 40.2 Å². The third-order valence-corrected chi connectivity index (χ3v) is 7.14. The highest BCUT2D eigenvalue weighted by Gasteiger charge is 2.37. The van der Waals surface area contributed by atoms with E-state index in [1.54, 1.807) is 25.1 Å². The molecule has 1 aromatic heterocycles. The van der Waals surface area contributed by atoms with Crippen molar-refractivity contribution in [2.45, 2.75) is 57.6 Å². The van der Waals surface area contributed by atoms with Gasteiger partial charge in [-0.2, -0.15) is 0 Å². The lowest BCUT2D eigenvalue weighted by Gasteiger charge is -2.33. The predicted molar refractivity (Wildman–Crippen MR) is 130 cm³/mol. The van der Waals surface area contributed by atoms with Crippen LogP contribution in [0.1, 0.15) is 76.5 Å². The fourth-order valence-electron chi connectivity index (χ4n) is 4.57. The summed E-state index contributed by atoms with van der Waals surface area (Å²) in [6.07, 6.45) is 6.13. The lowest BCUT2D eigenvalue weighted by Crippen LogP contribution is -2.47. The molecule has 9 nitrogen and oxygen atoms in total. The number of benzene rings is 1. The molecule has 0 N–H and O–H groups in total. The van der Waals surface area contributed by atoms with E-state index in [4.69, 9.17) is 9.47 Å². The number of nitrogens with zero attached hydrogens (tertiary/aromatic N) is 3. The van der Waals surface area contributed by atoms with E-state index in [-0.39, 0.29) is 35.2 Å². The van der Waals surface area contributed by atoms with Crippen LogP contribution in [0.25, 0.3) is 0 Å². The van der Waals surface area contributed by atoms with Gasteiger partial charge in [0.05, 0.1) is 16.7 Å². The number of amides is 3. The van der Waals surface area contributed by atoms with Crippen LogP contribution >= 0.6 is 11.3 Å². The van der Waals surface area contributed by atoms with E-state index in [0.29, 0.717) is 18.2 Å². The molecule has 2 heterocycles. The zero-order valence-electron chi connectivity index (χ0n) is 19.9. The van der Waals surface area contributed by atoms with Gasteiger partial charge in [-0.1, -0.05) is 19.3 Å².